The van der Waals surface area contributed by atoms with Crippen LogP contribution in [0, 0.1) is 0 Å². The molecule has 0 aliphatic carbocycles. The number of aromatic nitrogens is 3. The maximum absolute atomic E-state index is 12.2. The number of aromatic amines is 1. The lowest BCUT2D eigenvalue weighted by Gasteiger charge is -2.20. The Hall–Kier alpha value is -1.86. The van der Waals surface area contributed by atoms with Crippen LogP contribution in [0.2, 0.25) is 0 Å². The molecule has 5 nitrogen and oxygen atoms in total. The van der Waals surface area contributed by atoms with Crippen LogP contribution in [0.1, 0.15) is 24.5 Å². The van der Waals surface area contributed by atoms with E-state index in [0.717, 1.165) is 10.5 Å². The molecule has 122 valence electrons. The Bertz CT molecular complexity index is 676. The van der Waals surface area contributed by atoms with Gasteiger partial charge in [0.05, 0.1) is 5.75 Å². The number of carbonyl (C=O) groups is 1. The average molecular weight is 348 g/mol. The maximum atomic E-state index is 12.2. The molecular weight excluding hydrogens is 328 g/mol. The van der Waals surface area contributed by atoms with Crippen molar-refractivity contribution in [2.45, 2.75) is 19.0 Å². The molecule has 0 fully saturated rings. The number of likely N-dealkylation sites (N-methyl/N-ethyl adjacent to an activating group) is 1. The standard InChI is InChI=1S/C16H20N4OS2/c1-4-20(10-12(2)3)15(21)11-23-16-17-14(18-19-16)8-7-13-6-5-9-22-13/h5-9H,2,4,10-11H2,1,3H3,(H,17,18,19)/b8-7+. The molecule has 0 aliphatic rings. The fourth-order valence-corrected chi connectivity index (χ4v) is 3.19. The molecule has 0 atom stereocenters. The number of nitrogens with zero attached hydrogens (tertiary/aromatic N) is 3. The Balaban J connectivity index is 1.86. The summed E-state index contributed by atoms with van der Waals surface area (Å²) in [6.45, 7) is 9.01. The van der Waals surface area contributed by atoms with Crippen molar-refractivity contribution in [2.24, 2.45) is 0 Å². The van der Waals surface area contributed by atoms with Gasteiger partial charge >= 0.3 is 0 Å². The molecule has 0 bridgehead atoms. The molecule has 0 spiro atoms. The average Bonchev–Trinajstić information content (AvgIpc) is 3.19. The molecule has 0 aliphatic heterocycles. The Morgan fingerprint density at radius 1 is 1.52 bits per heavy atom. The molecule has 0 radical (unpaired) electrons. The van der Waals surface area contributed by atoms with Crippen molar-refractivity contribution in [1.82, 2.24) is 20.1 Å². The fraction of sp³-hybridized carbons (Fsp3) is 0.312. The Morgan fingerprint density at radius 3 is 3.00 bits per heavy atom. The van der Waals surface area contributed by atoms with E-state index in [0.29, 0.717) is 29.8 Å². The zero-order valence-electron chi connectivity index (χ0n) is 13.3. The molecule has 2 heterocycles. The largest absolute Gasteiger partial charge is 0.338 e. The van der Waals surface area contributed by atoms with Crippen LogP contribution < -0.4 is 0 Å². The summed E-state index contributed by atoms with van der Waals surface area (Å²) in [7, 11) is 0. The zero-order valence-corrected chi connectivity index (χ0v) is 14.9. The molecule has 23 heavy (non-hydrogen) atoms. The number of thioether (sulfide) groups is 1. The van der Waals surface area contributed by atoms with Gasteiger partial charge in [-0.05, 0) is 37.4 Å². The van der Waals surface area contributed by atoms with Gasteiger partial charge in [0.1, 0.15) is 5.82 Å². The smallest absolute Gasteiger partial charge is 0.233 e. The van der Waals surface area contributed by atoms with Gasteiger partial charge in [0.15, 0.2) is 0 Å². The quantitative estimate of drug-likeness (QED) is 0.585. The summed E-state index contributed by atoms with van der Waals surface area (Å²) in [6, 6.07) is 4.04. The van der Waals surface area contributed by atoms with Crippen LogP contribution in [0.15, 0.2) is 34.8 Å². The molecule has 2 aromatic heterocycles. The van der Waals surface area contributed by atoms with Gasteiger partial charge < -0.3 is 4.90 Å². The topological polar surface area (TPSA) is 61.9 Å². The van der Waals surface area contributed by atoms with Gasteiger partial charge in [0, 0.05) is 18.0 Å². The normalized spacial score (nSPS) is 11.0. The van der Waals surface area contributed by atoms with Crippen LogP contribution in [0.25, 0.3) is 12.2 Å². The highest BCUT2D eigenvalue weighted by molar-refractivity contribution is 7.99. The van der Waals surface area contributed by atoms with Crippen molar-refractivity contribution >= 4 is 41.2 Å². The summed E-state index contributed by atoms with van der Waals surface area (Å²) >= 11 is 3.00. The molecule has 2 aromatic rings. The van der Waals surface area contributed by atoms with Crippen molar-refractivity contribution in [3.05, 3.63) is 40.4 Å². The van der Waals surface area contributed by atoms with Crippen LogP contribution >= 0.6 is 23.1 Å². The highest BCUT2D eigenvalue weighted by Gasteiger charge is 2.13. The molecule has 0 saturated carbocycles. The number of hydrogen-bond donors (Lipinski definition) is 1. The highest BCUT2D eigenvalue weighted by Crippen LogP contribution is 2.16. The summed E-state index contributed by atoms with van der Waals surface area (Å²) in [4.78, 5) is 19.4. The number of thiophene rings is 1. The van der Waals surface area contributed by atoms with Crippen LogP contribution in [0.5, 0.6) is 0 Å². The molecule has 0 aromatic carbocycles. The van der Waals surface area contributed by atoms with Crippen molar-refractivity contribution in [2.75, 3.05) is 18.8 Å². The minimum atomic E-state index is 0.0703. The second-order valence-corrected chi connectivity index (χ2v) is 6.93. The van der Waals surface area contributed by atoms with E-state index in [-0.39, 0.29) is 5.91 Å². The van der Waals surface area contributed by atoms with E-state index >= 15 is 0 Å². The lowest BCUT2D eigenvalue weighted by molar-refractivity contribution is -0.127. The third-order valence-electron chi connectivity index (χ3n) is 2.95. The van der Waals surface area contributed by atoms with Crippen molar-refractivity contribution in [3.63, 3.8) is 0 Å². The minimum absolute atomic E-state index is 0.0703. The Labute approximate surface area is 144 Å². The van der Waals surface area contributed by atoms with E-state index < -0.39 is 0 Å². The predicted octanol–water partition coefficient (Wildman–Crippen LogP) is 3.55. The molecule has 2 rings (SSSR count). The van der Waals surface area contributed by atoms with Crippen LogP contribution in [-0.2, 0) is 4.79 Å². The first-order valence-electron chi connectivity index (χ1n) is 7.27. The zero-order chi connectivity index (χ0) is 16.7. The van der Waals surface area contributed by atoms with E-state index in [4.69, 9.17) is 0 Å². The lowest BCUT2D eigenvalue weighted by Crippen LogP contribution is -2.33. The van der Waals surface area contributed by atoms with Crippen LogP contribution in [-0.4, -0.2) is 44.8 Å². The van der Waals surface area contributed by atoms with Crippen molar-refractivity contribution in [3.8, 4) is 0 Å². The minimum Gasteiger partial charge on any atom is -0.338 e. The maximum Gasteiger partial charge on any atom is 0.233 e. The summed E-state index contributed by atoms with van der Waals surface area (Å²) in [6.07, 6.45) is 3.86. The summed E-state index contributed by atoms with van der Waals surface area (Å²) in [5.41, 5.74) is 0.976. The third kappa shape index (κ3) is 5.69. The second-order valence-electron chi connectivity index (χ2n) is 5.01. The van der Waals surface area contributed by atoms with Gasteiger partial charge in [-0.1, -0.05) is 30.0 Å². The van der Waals surface area contributed by atoms with Gasteiger partial charge in [0.25, 0.3) is 0 Å². The molecule has 0 unspecified atom stereocenters. The van der Waals surface area contributed by atoms with E-state index in [1.54, 1.807) is 16.2 Å². The first-order valence-corrected chi connectivity index (χ1v) is 9.14. The van der Waals surface area contributed by atoms with Gasteiger partial charge in [-0.2, -0.15) is 0 Å². The number of hydrogen-bond acceptors (Lipinski definition) is 5. The monoisotopic (exact) mass is 348 g/mol. The lowest BCUT2D eigenvalue weighted by atomic mass is 10.3. The summed E-state index contributed by atoms with van der Waals surface area (Å²) < 4.78 is 0. The second kappa shape index (κ2) is 8.69. The van der Waals surface area contributed by atoms with Gasteiger partial charge in [-0.3, -0.25) is 9.89 Å². The summed E-state index contributed by atoms with van der Waals surface area (Å²) in [5.74, 6) is 1.08. The first-order chi connectivity index (χ1) is 11.1. The molecule has 1 amide bonds. The number of carbonyl (C=O) groups excluding carboxylic acids is 1. The number of rotatable bonds is 8. The third-order valence-corrected chi connectivity index (χ3v) is 4.62. The molecule has 7 heteroatoms. The van der Waals surface area contributed by atoms with E-state index in [2.05, 4.69) is 21.8 Å². The first kappa shape index (κ1) is 17.5. The predicted molar refractivity (Wildman–Crippen MR) is 97.4 cm³/mol. The molecular formula is C16H20N4OS2. The number of amides is 1. The Kier molecular flexibility index (Phi) is 6.61. The molecule has 1 N–H and O–H groups in total. The number of nitrogens with one attached hydrogen (secondary N) is 1. The van der Waals surface area contributed by atoms with Gasteiger partial charge in [0.2, 0.25) is 11.1 Å². The van der Waals surface area contributed by atoms with E-state index in [1.807, 2.05) is 43.5 Å². The Morgan fingerprint density at radius 2 is 2.35 bits per heavy atom. The number of H-pyrrole nitrogens is 1. The van der Waals surface area contributed by atoms with E-state index in [1.165, 1.54) is 11.8 Å². The van der Waals surface area contributed by atoms with Gasteiger partial charge in [-0.25, -0.2) is 4.98 Å². The van der Waals surface area contributed by atoms with Gasteiger partial charge in [-0.15, -0.1) is 16.4 Å². The highest BCUT2D eigenvalue weighted by atomic mass is 32.2. The van der Waals surface area contributed by atoms with Crippen LogP contribution in [0.3, 0.4) is 0 Å². The van der Waals surface area contributed by atoms with Crippen LogP contribution in [0.4, 0.5) is 0 Å². The fourth-order valence-electron chi connectivity index (χ4n) is 1.86. The van der Waals surface area contributed by atoms with Crippen molar-refractivity contribution < 1.29 is 4.79 Å². The SMILES string of the molecule is C=C(C)CN(CC)C(=O)CSc1n[nH]c(/C=C/c2cccs2)n1. The van der Waals surface area contributed by atoms with E-state index in [9.17, 15) is 4.79 Å². The molecule has 0 saturated heterocycles. The van der Waals surface area contributed by atoms with Crippen molar-refractivity contribution in [1.29, 1.82) is 0 Å². The summed E-state index contributed by atoms with van der Waals surface area (Å²) in [5, 5.41) is 9.59.